The van der Waals surface area contributed by atoms with Crippen LogP contribution in [0.5, 0.6) is 0 Å². The molecule has 1 fully saturated rings. The van der Waals surface area contributed by atoms with Crippen molar-refractivity contribution in [1.29, 1.82) is 0 Å². The molecule has 0 amide bonds. The highest BCUT2D eigenvalue weighted by Gasteiger charge is 2.23. The van der Waals surface area contributed by atoms with Crippen LogP contribution < -0.4 is 10.6 Å². The van der Waals surface area contributed by atoms with Crippen LogP contribution in [0.1, 0.15) is 6.42 Å². The fourth-order valence-electron chi connectivity index (χ4n) is 2.90. The molecule has 106 valence electrons. The van der Waals surface area contributed by atoms with Crippen molar-refractivity contribution in [3.63, 3.8) is 0 Å². The molecule has 5 heteroatoms. The Labute approximate surface area is 127 Å². The maximum atomic E-state index is 6.03. The molecule has 0 saturated carbocycles. The van der Waals surface area contributed by atoms with Crippen LogP contribution >= 0.6 is 11.3 Å². The number of nitrogens with two attached hydrogens (primary N) is 1. The Morgan fingerprint density at radius 3 is 2.67 bits per heavy atom. The zero-order chi connectivity index (χ0) is 14.2. The van der Waals surface area contributed by atoms with Crippen LogP contribution in [0, 0.1) is 0 Å². The summed E-state index contributed by atoms with van der Waals surface area (Å²) in [6.45, 7) is 1.81. The fraction of sp³-hybridized carbons (Fsp3) is 0.250. The molecule has 21 heavy (non-hydrogen) atoms. The second-order valence-corrected chi connectivity index (χ2v) is 6.34. The van der Waals surface area contributed by atoms with Crippen molar-refractivity contribution in [2.45, 2.75) is 12.5 Å². The first-order chi connectivity index (χ1) is 10.3. The van der Waals surface area contributed by atoms with E-state index < -0.39 is 0 Å². The smallest absolute Gasteiger partial charge is 0.159 e. The topological polar surface area (TPSA) is 55.0 Å². The summed E-state index contributed by atoms with van der Waals surface area (Å²) in [7, 11) is 0. The molecule has 3 heterocycles. The predicted octanol–water partition coefficient (Wildman–Crippen LogP) is 2.90. The van der Waals surface area contributed by atoms with Gasteiger partial charge in [0, 0.05) is 29.9 Å². The monoisotopic (exact) mass is 296 g/mol. The lowest BCUT2D eigenvalue weighted by Gasteiger charge is -2.18. The number of fused-ring (bicyclic) bond motifs is 1. The lowest BCUT2D eigenvalue weighted by atomic mass is 10.1. The van der Waals surface area contributed by atoms with E-state index in [0.29, 0.717) is 0 Å². The van der Waals surface area contributed by atoms with Crippen LogP contribution in [-0.2, 0) is 0 Å². The van der Waals surface area contributed by atoms with Gasteiger partial charge in [0.25, 0.3) is 0 Å². The molecule has 3 aromatic rings. The molecule has 4 rings (SSSR count). The first kappa shape index (κ1) is 12.7. The Morgan fingerprint density at radius 1 is 1.10 bits per heavy atom. The summed E-state index contributed by atoms with van der Waals surface area (Å²) in [6, 6.07) is 12.7. The van der Waals surface area contributed by atoms with E-state index in [2.05, 4.69) is 50.8 Å². The number of benzene rings is 1. The Balaban J connectivity index is 1.89. The van der Waals surface area contributed by atoms with Crippen LogP contribution in [0.2, 0.25) is 0 Å². The number of hydrogen-bond donors (Lipinski definition) is 1. The van der Waals surface area contributed by atoms with Gasteiger partial charge in [0.2, 0.25) is 0 Å². The molecule has 1 aromatic carbocycles. The standard InChI is InChI=1S/C16H16N4S/c17-11-7-8-20(10-11)16-13-5-2-1-4-12(13)15(18-19-16)14-6-3-9-21-14/h1-6,9,11H,7-8,10,17H2. The molecule has 0 radical (unpaired) electrons. The van der Waals surface area contributed by atoms with Crippen molar-refractivity contribution in [3.8, 4) is 10.6 Å². The Kier molecular flexibility index (Phi) is 3.09. The number of nitrogens with zero attached hydrogens (tertiary/aromatic N) is 3. The van der Waals surface area contributed by atoms with E-state index in [4.69, 9.17) is 5.73 Å². The summed E-state index contributed by atoms with van der Waals surface area (Å²) >= 11 is 1.69. The molecular weight excluding hydrogens is 280 g/mol. The van der Waals surface area contributed by atoms with Crippen molar-refractivity contribution < 1.29 is 0 Å². The van der Waals surface area contributed by atoms with Gasteiger partial charge >= 0.3 is 0 Å². The average Bonchev–Trinajstić information content (AvgIpc) is 3.17. The SMILES string of the molecule is NC1CCN(c2nnc(-c3cccs3)c3ccccc23)C1. The highest BCUT2D eigenvalue weighted by molar-refractivity contribution is 7.13. The second kappa shape index (κ2) is 5.09. The predicted molar refractivity (Wildman–Crippen MR) is 87.7 cm³/mol. The first-order valence-electron chi connectivity index (χ1n) is 7.13. The zero-order valence-electron chi connectivity index (χ0n) is 11.6. The van der Waals surface area contributed by atoms with E-state index in [0.717, 1.165) is 46.7 Å². The normalized spacial score (nSPS) is 18.5. The third-order valence-electron chi connectivity index (χ3n) is 3.95. The minimum absolute atomic E-state index is 0.238. The van der Waals surface area contributed by atoms with Gasteiger partial charge in [0.1, 0.15) is 5.69 Å². The van der Waals surface area contributed by atoms with Gasteiger partial charge in [-0.1, -0.05) is 30.3 Å². The number of thiophene rings is 1. The van der Waals surface area contributed by atoms with Crippen molar-refractivity contribution >= 4 is 27.9 Å². The number of hydrogen-bond acceptors (Lipinski definition) is 5. The van der Waals surface area contributed by atoms with Crippen molar-refractivity contribution in [2.75, 3.05) is 18.0 Å². The highest BCUT2D eigenvalue weighted by atomic mass is 32.1. The van der Waals surface area contributed by atoms with Crippen LogP contribution in [-0.4, -0.2) is 29.3 Å². The summed E-state index contributed by atoms with van der Waals surface area (Å²) in [5, 5.41) is 13.4. The van der Waals surface area contributed by atoms with Crippen LogP contribution in [0.15, 0.2) is 41.8 Å². The molecule has 2 aromatic heterocycles. The molecule has 4 nitrogen and oxygen atoms in total. The number of anilines is 1. The second-order valence-electron chi connectivity index (χ2n) is 5.39. The van der Waals surface area contributed by atoms with E-state index in [1.54, 1.807) is 11.3 Å². The average molecular weight is 296 g/mol. The van der Waals surface area contributed by atoms with Gasteiger partial charge < -0.3 is 10.6 Å². The van der Waals surface area contributed by atoms with Crippen molar-refractivity contribution in [3.05, 3.63) is 41.8 Å². The molecule has 1 aliphatic heterocycles. The van der Waals surface area contributed by atoms with E-state index in [9.17, 15) is 0 Å². The van der Waals surface area contributed by atoms with Gasteiger partial charge in [0.05, 0.1) is 4.88 Å². The molecule has 1 saturated heterocycles. The molecule has 0 spiro atoms. The fourth-order valence-corrected chi connectivity index (χ4v) is 3.62. The molecular formula is C16H16N4S. The minimum Gasteiger partial charge on any atom is -0.353 e. The summed E-state index contributed by atoms with van der Waals surface area (Å²) in [5.74, 6) is 0.957. The first-order valence-corrected chi connectivity index (χ1v) is 8.01. The maximum absolute atomic E-state index is 6.03. The van der Waals surface area contributed by atoms with Gasteiger partial charge in [-0.05, 0) is 17.9 Å². The molecule has 1 aliphatic rings. The lowest BCUT2D eigenvalue weighted by molar-refractivity contribution is 0.751. The quantitative estimate of drug-likeness (QED) is 0.790. The van der Waals surface area contributed by atoms with Gasteiger partial charge in [0.15, 0.2) is 5.82 Å². The summed E-state index contributed by atoms with van der Waals surface area (Å²) in [6.07, 6.45) is 1.02. The van der Waals surface area contributed by atoms with Crippen molar-refractivity contribution in [1.82, 2.24) is 10.2 Å². The summed E-state index contributed by atoms with van der Waals surface area (Å²) in [4.78, 5) is 3.40. The molecule has 1 unspecified atom stereocenters. The van der Waals surface area contributed by atoms with E-state index in [-0.39, 0.29) is 6.04 Å². The van der Waals surface area contributed by atoms with Gasteiger partial charge in [-0.25, -0.2) is 0 Å². The third-order valence-corrected chi connectivity index (χ3v) is 4.82. The number of rotatable bonds is 2. The Hall–Kier alpha value is -1.98. The zero-order valence-corrected chi connectivity index (χ0v) is 12.4. The van der Waals surface area contributed by atoms with Gasteiger partial charge in [-0.15, -0.1) is 21.5 Å². The van der Waals surface area contributed by atoms with Crippen LogP contribution in [0.4, 0.5) is 5.82 Å². The molecule has 2 N–H and O–H groups in total. The maximum Gasteiger partial charge on any atom is 0.159 e. The molecule has 0 bridgehead atoms. The van der Waals surface area contributed by atoms with E-state index in [1.807, 2.05) is 6.07 Å². The Morgan fingerprint density at radius 2 is 1.95 bits per heavy atom. The number of aromatic nitrogens is 2. The minimum atomic E-state index is 0.238. The van der Waals surface area contributed by atoms with Crippen molar-refractivity contribution in [2.24, 2.45) is 5.73 Å². The van der Waals surface area contributed by atoms with Gasteiger partial charge in [-0.2, -0.15) is 0 Å². The Bertz CT molecular complexity index is 769. The van der Waals surface area contributed by atoms with E-state index >= 15 is 0 Å². The lowest BCUT2D eigenvalue weighted by Crippen LogP contribution is -2.27. The summed E-state index contributed by atoms with van der Waals surface area (Å²) < 4.78 is 0. The third kappa shape index (κ3) is 2.18. The molecule has 0 aliphatic carbocycles. The van der Waals surface area contributed by atoms with Crippen LogP contribution in [0.3, 0.4) is 0 Å². The molecule has 1 atom stereocenters. The largest absolute Gasteiger partial charge is 0.353 e. The van der Waals surface area contributed by atoms with Crippen LogP contribution in [0.25, 0.3) is 21.3 Å². The highest BCUT2D eigenvalue weighted by Crippen LogP contribution is 2.34. The van der Waals surface area contributed by atoms with Gasteiger partial charge in [-0.3, -0.25) is 0 Å². The summed E-state index contributed by atoms with van der Waals surface area (Å²) in [5.41, 5.74) is 6.99. The van der Waals surface area contributed by atoms with E-state index in [1.165, 1.54) is 0 Å².